The second kappa shape index (κ2) is 4.89. The van der Waals surface area contributed by atoms with Crippen LogP contribution in [0.15, 0.2) is 0 Å². The summed E-state index contributed by atoms with van der Waals surface area (Å²) in [7, 11) is 0. The molecule has 2 unspecified atom stereocenters. The van der Waals surface area contributed by atoms with E-state index in [9.17, 15) is 0 Å². The molecule has 2 atom stereocenters. The predicted molar refractivity (Wildman–Crippen MR) is 55.2 cm³/mol. The molecule has 1 fully saturated rings. The molecule has 0 aromatic rings. The van der Waals surface area contributed by atoms with Gasteiger partial charge in [0.25, 0.3) is 0 Å². The molecular formula is C12H24. The van der Waals surface area contributed by atoms with Crippen molar-refractivity contribution in [2.45, 2.75) is 59.3 Å². The van der Waals surface area contributed by atoms with E-state index in [4.69, 9.17) is 0 Å². The second-order valence-corrected chi connectivity index (χ2v) is 4.70. The molecule has 0 saturated heterocycles. The largest absolute Gasteiger partial charge is 0.0651 e. The average Bonchev–Trinajstić information content (AvgIpc) is 2.86. The molecule has 0 bridgehead atoms. The molecule has 1 saturated carbocycles. The highest BCUT2D eigenvalue weighted by atomic mass is 14.3. The highest BCUT2D eigenvalue weighted by Crippen LogP contribution is 2.38. The summed E-state index contributed by atoms with van der Waals surface area (Å²) in [6.07, 6.45) is 8.82. The molecule has 0 heteroatoms. The van der Waals surface area contributed by atoms with E-state index in [0.29, 0.717) is 0 Å². The lowest BCUT2D eigenvalue weighted by molar-refractivity contribution is 0.341. The lowest BCUT2D eigenvalue weighted by atomic mass is 9.88. The summed E-state index contributed by atoms with van der Waals surface area (Å²) in [6, 6.07) is 0. The van der Waals surface area contributed by atoms with Crippen molar-refractivity contribution in [2.24, 2.45) is 17.8 Å². The standard InChI is InChI=1S/C12H24/c1-4-10(3)8-11(5-2)9-12-6-7-12/h10-12H,4-9H2,1-3H3. The van der Waals surface area contributed by atoms with Crippen molar-refractivity contribution in [3.63, 3.8) is 0 Å². The fraction of sp³-hybridized carbons (Fsp3) is 1.00. The van der Waals surface area contributed by atoms with Crippen LogP contribution < -0.4 is 0 Å². The first-order chi connectivity index (χ1) is 5.76. The zero-order valence-electron chi connectivity index (χ0n) is 8.97. The second-order valence-electron chi connectivity index (χ2n) is 4.70. The van der Waals surface area contributed by atoms with E-state index in [-0.39, 0.29) is 0 Å². The monoisotopic (exact) mass is 168 g/mol. The Hall–Kier alpha value is 0. The molecule has 0 radical (unpaired) electrons. The van der Waals surface area contributed by atoms with Crippen LogP contribution in [-0.2, 0) is 0 Å². The topological polar surface area (TPSA) is 0 Å². The number of hydrogen-bond acceptors (Lipinski definition) is 0. The molecule has 0 aliphatic heterocycles. The maximum atomic E-state index is 2.40. The summed E-state index contributed by atoms with van der Waals surface area (Å²) in [5, 5.41) is 0. The van der Waals surface area contributed by atoms with Crippen molar-refractivity contribution >= 4 is 0 Å². The summed E-state index contributed by atoms with van der Waals surface area (Å²) < 4.78 is 0. The van der Waals surface area contributed by atoms with E-state index in [2.05, 4.69) is 20.8 Å². The zero-order chi connectivity index (χ0) is 8.97. The van der Waals surface area contributed by atoms with Crippen LogP contribution in [0.5, 0.6) is 0 Å². The molecule has 0 nitrogen and oxygen atoms in total. The molecule has 1 rings (SSSR count). The van der Waals surface area contributed by atoms with E-state index < -0.39 is 0 Å². The molecule has 0 spiro atoms. The Balaban J connectivity index is 2.14. The summed E-state index contributed by atoms with van der Waals surface area (Å²) in [4.78, 5) is 0. The minimum absolute atomic E-state index is 0.952. The molecule has 1 aliphatic carbocycles. The van der Waals surface area contributed by atoms with Crippen LogP contribution in [0.3, 0.4) is 0 Å². The summed E-state index contributed by atoms with van der Waals surface area (Å²) in [5.74, 6) is 3.11. The predicted octanol–water partition coefficient (Wildman–Crippen LogP) is 4.25. The number of hydrogen-bond donors (Lipinski definition) is 0. The third-order valence-electron chi connectivity index (χ3n) is 3.37. The van der Waals surface area contributed by atoms with E-state index in [1.165, 1.54) is 38.5 Å². The molecule has 0 heterocycles. The minimum Gasteiger partial charge on any atom is -0.0651 e. The normalized spacial score (nSPS) is 22.2. The summed E-state index contributed by atoms with van der Waals surface area (Å²) >= 11 is 0. The van der Waals surface area contributed by atoms with Gasteiger partial charge in [-0.1, -0.05) is 46.5 Å². The highest BCUT2D eigenvalue weighted by Gasteiger charge is 2.25. The number of rotatable bonds is 6. The molecule has 0 N–H and O–H groups in total. The molecular weight excluding hydrogens is 144 g/mol. The van der Waals surface area contributed by atoms with Crippen molar-refractivity contribution in [1.82, 2.24) is 0 Å². The molecule has 1 aliphatic rings. The van der Waals surface area contributed by atoms with Gasteiger partial charge in [0, 0.05) is 0 Å². The van der Waals surface area contributed by atoms with Gasteiger partial charge in [-0.05, 0) is 30.6 Å². The molecule has 0 amide bonds. The van der Waals surface area contributed by atoms with E-state index >= 15 is 0 Å². The van der Waals surface area contributed by atoms with Gasteiger partial charge < -0.3 is 0 Å². The minimum atomic E-state index is 0.952. The first kappa shape index (κ1) is 10.1. The average molecular weight is 168 g/mol. The van der Waals surface area contributed by atoms with Gasteiger partial charge in [-0.2, -0.15) is 0 Å². The van der Waals surface area contributed by atoms with Crippen molar-refractivity contribution in [3.05, 3.63) is 0 Å². The van der Waals surface area contributed by atoms with Gasteiger partial charge in [-0.25, -0.2) is 0 Å². The van der Waals surface area contributed by atoms with Gasteiger partial charge >= 0.3 is 0 Å². The molecule has 0 aromatic carbocycles. The van der Waals surface area contributed by atoms with Gasteiger partial charge in [-0.15, -0.1) is 0 Å². The van der Waals surface area contributed by atoms with Gasteiger partial charge in [0.2, 0.25) is 0 Å². The highest BCUT2D eigenvalue weighted by molar-refractivity contribution is 4.77. The van der Waals surface area contributed by atoms with Crippen molar-refractivity contribution in [2.75, 3.05) is 0 Å². The van der Waals surface area contributed by atoms with Crippen LogP contribution in [0, 0.1) is 17.8 Å². The lowest BCUT2D eigenvalue weighted by Gasteiger charge is -2.18. The molecule has 0 aromatic heterocycles. The Bertz CT molecular complexity index is 113. The fourth-order valence-corrected chi connectivity index (χ4v) is 1.99. The Morgan fingerprint density at radius 1 is 1.17 bits per heavy atom. The lowest BCUT2D eigenvalue weighted by Crippen LogP contribution is -2.05. The summed E-state index contributed by atoms with van der Waals surface area (Å²) in [6.45, 7) is 7.07. The fourth-order valence-electron chi connectivity index (χ4n) is 1.99. The quantitative estimate of drug-likeness (QED) is 0.556. The van der Waals surface area contributed by atoms with Gasteiger partial charge in [0.15, 0.2) is 0 Å². The van der Waals surface area contributed by atoms with Crippen LogP contribution in [-0.4, -0.2) is 0 Å². The third-order valence-corrected chi connectivity index (χ3v) is 3.37. The Kier molecular flexibility index (Phi) is 4.11. The summed E-state index contributed by atoms with van der Waals surface area (Å²) in [5.41, 5.74) is 0. The van der Waals surface area contributed by atoms with Crippen LogP contribution >= 0.6 is 0 Å². The smallest absolute Gasteiger partial charge is 0.0411 e. The van der Waals surface area contributed by atoms with Crippen LogP contribution in [0.25, 0.3) is 0 Å². The Labute approximate surface area is 77.7 Å². The zero-order valence-corrected chi connectivity index (χ0v) is 8.97. The van der Waals surface area contributed by atoms with Crippen LogP contribution in [0.1, 0.15) is 59.3 Å². The Morgan fingerprint density at radius 3 is 2.25 bits per heavy atom. The molecule has 72 valence electrons. The first-order valence-corrected chi connectivity index (χ1v) is 5.76. The van der Waals surface area contributed by atoms with Gasteiger partial charge in [-0.3, -0.25) is 0 Å². The third kappa shape index (κ3) is 3.60. The van der Waals surface area contributed by atoms with Crippen molar-refractivity contribution in [3.8, 4) is 0 Å². The van der Waals surface area contributed by atoms with E-state index in [0.717, 1.165) is 17.8 Å². The van der Waals surface area contributed by atoms with Crippen LogP contribution in [0.2, 0.25) is 0 Å². The maximum absolute atomic E-state index is 2.40. The van der Waals surface area contributed by atoms with Crippen molar-refractivity contribution < 1.29 is 0 Å². The maximum Gasteiger partial charge on any atom is -0.0411 e. The van der Waals surface area contributed by atoms with Gasteiger partial charge in [0.1, 0.15) is 0 Å². The first-order valence-electron chi connectivity index (χ1n) is 5.76. The van der Waals surface area contributed by atoms with E-state index in [1.54, 1.807) is 0 Å². The van der Waals surface area contributed by atoms with E-state index in [1.807, 2.05) is 0 Å². The molecule has 12 heavy (non-hydrogen) atoms. The van der Waals surface area contributed by atoms with Gasteiger partial charge in [0.05, 0.1) is 0 Å². The van der Waals surface area contributed by atoms with Crippen molar-refractivity contribution in [1.29, 1.82) is 0 Å². The SMILES string of the molecule is CCC(C)CC(CC)CC1CC1. The van der Waals surface area contributed by atoms with Crippen LogP contribution in [0.4, 0.5) is 0 Å². The Morgan fingerprint density at radius 2 is 1.83 bits per heavy atom.